The maximum Gasteiger partial charge on any atom is 0.494 e. The SMILES string of the molecule is CC1(C)OB(c2ccc(C[C@@H](NC(=O)c3c(F)cc(F)cc3F)C(N)=O)cc2)OC1(C)C. The number of primary amides is 1. The van der Waals surface area contributed by atoms with Crippen LogP contribution < -0.4 is 16.5 Å². The monoisotopic (exact) mass is 448 g/mol. The lowest BCUT2D eigenvalue weighted by Crippen LogP contribution is -2.46. The van der Waals surface area contributed by atoms with Gasteiger partial charge in [0.05, 0.1) is 11.2 Å². The number of carbonyl (C=O) groups is 2. The molecule has 10 heteroatoms. The zero-order chi connectivity index (χ0) is 23.8. The Morgan fingerprint density at radius 3 is 1.97 bits per heavy atom. The molecule has 0 aliphatic carbocycles. The van der Waals surface area contributed by atoms with Crippen molar-refractivity contribution in [2.24, 2.45) is 5.73 Å². The van der Waals surface area contributed by atoms with Gasteiger partial charge in [0.1, 0.15) is 29.1 Å². The van der Waals surface area contributed by atoms with Gasteiger partial charge in [-0.1, -0.05) is 24.3 Å². The Hall–Kier alpha value is -2.85. The lowest BCUT2D eigenvalue weighted by molar-refractivity contribution is -0.119. The molecular weight excluding hydrogens is 424 g/mol. The van der Waals surface area contributed by atoms with Crippen molar-refractivity contribution in [3.05, 3.63) is 65.0 Å². The van der Waals surface area contributed by atoms with Gasteiger partial charge in [-0.25, -0.2) is 13.2 Å². The minimum atomic E-state index is -1.38. The molecule has 6 nitrogen and oxygen atoms in total. The van der Waals surface area contributed by atoms with Gasteiger partial charge in [0.25, 0.3) is 5.91 Å². The third-order valence-electron chi connectivity index (χ3n) is 5.83. The van der Waals surface area contributed by atoms with Crippen LogP contribution in [-0.4, -0.2) is 36.2 Å². The summed E-state index contributed by atoms with van der Waals surface area (Å²) in [6.07, 6.45) is -0.0187. The molecule has 0 unspecified atom stereocenters. The summed E-state index contributed by atoms with van der Waals surface area (Å²) in [5, 5.41) is 2.21. The van der Waals surface area contributed by atoms with Gasteiger partial charge in [0.15, 0.2) is 0 Å². The van der Waals surface area contributed by atoms with Crippen LogP contribution in [0.5, 0.6) is 0 Å². The molecule has 1 atom stereocenters. The summed E-state index contributed by atoms with van der Waals surface area (Å²) in [7, 11) is -0.565. The largest absolute Gasteiger partial charge is 0.494 e. The van der Waals surface area contributed by atoms with Crippen LogP contribution in [0.25, 0.3) is 0 Å². The minimum Gasteiger partial charge on any atom is -0.399 e. The number of halogens is 3. The van der Waals surface area contributed by atoms with E-state index in [1.165, 1.54) is 0 Å². The van der Waals surface area contributed by atoms with E-state index in [0.717, 1.165) is 5.46 Å². The minimum absolute atomic E-state index is 0.0187. The van der Waals surface area contributed by atoms with Crippen molar-refractivity contribution in [3.8, 4) is 0 Å². The number of rotatable bonds is 6. The highest BCUT2D eigenvalue weighted by molar-refractivity contribution is 6.62. The van der Waals surface area contributed by atoms with E-state index in [1.807, 2.05) is 27.7 Å². The van der Waals surface area contributed by atoms with E-state index in [2.05, 4.69) is 5.32 Å². The van der Waals surface area contributed by atoms with Gasteiger partial charge in [-0.2, -0.15) is 0 Å². The molecule has 2 aromatic carbocycles. The van der Waals surface area contributed by atoms with Crippen molar-refractivity contribution >= 4 is 24.4 Å². The quantitative estimate of drug-likeness (QED) is 0.664. The number of benzene rings is 2. The number of hydrogen-bond donors (Lipinski definition) is 2. The first kappa shape index (κ1) is 23.8. The second kappa shape index (κ2) is 8.59. The highest BCUT2D eigenvalue weighted by Gasteiger charge is 2.51. The van der Waals surface area contributed by atoms with Gasteiger partial charge in [-0.05, 0) is 38.7 Å². The lowest BCUT2D eigenvalue weighted by atomic mass is 9.78. The summed E-state index contributed by atoms with van der Waals surface area (Å²) >= 11 is 0. The van der Waals surface area contributed by atoms with E-state index >= 15 is 0 Å². The Balaban J connectivity index is 1.72. The standard InChI is InChI=1S/C22H24BF3N2O4/c1-21(2)22(3,4)32-23(31-21)13-7-5-12(6-8-13)9-17(19(27)29)28-20(30)18-15(25)10-14(24)11-16(18)26/h5-8,10-11,17H,9H2,1-4H3,(H2,27,29)(H,28,30)/t17-/m1/s1. The molecule has 2 aromatic rings. The second-order valence-electron chi connectivity index (χ2n) is 8.71. The third-order valence-corrected chi connectivity index (χ3v) is 5.83. The molecule has 3 rings (SSSR count). The Kier molecular flexibility index (Phi) is 6.39. The molecule has 1 aliphatic heterocycles. The summed E-state index contributed by atoms with van der Waals surface area (Å²) in [6, 6.07) is 6.46. The normalized spacial score (nSPS) is 17.8. The molecule has 0 aromatic heterocycles. The van der Waals surface area contributed by atoms with Gasteiger partial charge in [0.2, 0.25) is 5.91 Å². The predicted molar refractivity (Wildman–Crippen MR) is 113 cm³/mol. The molecule has 0 saturated carbocycles. The van der Waals surface area contributed by atoms with E-state index in [-0.39, 0.29) is 6.42 Å². The Morgan fingerprint density at radius 2 is 1.50 bits per heavy atom. The highest BCUT2D eigenvalue weighted by atomic mass is 19.1. The topological polar surface area (TPSA) is 90.6 Å². The van der Waals surface area contributed by atoms with E-state index in [0.29, 0.717) is 17.7 Å². The molecule has 170 valence electrons. The van der Waals surface area contributed by atoms with Crippen LogP contribution >= 0.6 is 0 Å². The number of nitrogens with two attached hydrogens (primary N) is 1. The Bertz CT molecular complexity index is 1000. The fourth-order valence-corrected chi connectivity index (χ4v) is 3.24. The smallest absolute Gasteiger partial charge is 0.399 e. The van der Waals surface area contributed by atoms with Crippen molar-refractivity contribution in [2.45, 2.75) is 51.4 Å². The molecule has 1 fully saturated rings. The first-order valence-corrected chi connectivity index (χ1v) is 10.00. The number of nitrogens with one attached hydrogen (secondary N) is 1. The fraction of sp³-hybridized carbons (Fsp3) is 0.364. The zero-order valence-electron chi connectivity index (χ0n) is 18.2. The fourth-order valence-electron chi connectivity index (χ4n) is 3.24. The average molecular weight is 448 g/mol. The van der Waals surface area contributed by atoms with Crippen LogP contribution in [0.4, 0.5) is 13.2 Å². The molecule has 2 amide bonds. The van der Waals surface area contributed by atoms with E-state index in [1.54, 1.807) is 24.3 Å². The summed E-state index contributed by atoms with van der Waals surface area (Å²) in [5.74, 6) is -6.02. The lowest BCUT2D eigenvalue weighted by Gasteiger charge is -2.32. The van der Waals surface area contributed by atoms with E-state index < -0.39 is 59.2 Å². The summed E-state index contributed by atoms with van der Waals surface area (Å²) in [5.41, 5.74) is 4.77. The van der Waals surface area contributed by atoms with Crippen LogP contribution in [0.15, 0.2) is 36.4 Å². The Labute approximate surface area is 184 Å². The van der Waals surface area contributed by atoms with E-state index in [4.69, 9.17) is 15.0 Å². The molecule has 3 N–H and O–H groups in total. The summed E-state index contributed by atoms with van der Waals surface area (Å²) in [4.78, 5) is 24.1. The molecule has 0 spiro atoms. The first-order valence-electron chi connectivity index (χ1n) is 10.00. The summed E-state index contributed by atoms with van der Waals surface area (Å²) < 4.78 is 52.8. The predicted octanol–water partition coefficient (Wildman–Crippen LogP) is 2.23. The molecule has 0 bridgehead atoms. The highest BCUT2D eigenvalue weighted by Crippen LogP contribution is 2.36. The van der Waals surface area contributed by atoms with Gasteiger partial charge < -0.3 is 20.4 Å². The molecule has 1 heterocycles. The van der Waals surface area contributed by atoms with Gasteiger partial charge in [0, 0.05) is 18.6 Å². The van der Waals surface area contributed by atoms with Crippen molar-refractivity contribution in [1.82, 2.24) is 5.32 Å². The third kappa shape index (κ3) is 4.81. The molecule has 0 radical (unpaired) electrons. The maximum absolute atomic E-state index is 13.9. The van der Waals surface area contributed by atoms with Gasteiger partial charge >= 0.3 is 7.12 Å². The molecular formula is C22H24BF3N2O4. The molecule has 32 heavy (non-hydrogen) atoms. The number of carbonyl (C=O) groups excluding carboxylic acids is 2. The van der Waals surface area contributed by atoms with Crippen LogP contribution in [0.1, 0.15) is 43.6 Å². The van der Waals surface area contributed by atoms with Crippen LogP contribution in [-0.2, 0) is 20.5 Å². The van der Waals surface area contributed by atoms with Crippen molar-refractivity contribution < 1.29 is 32.1 Å². The van der Waals surface area contributed by atoms with Crippen LogP contribution in [0.3, 0.4) is 0 Å². The number of amides is 2. The zero-order valence-corrected chi connectivity index (χ0v) is 18.2. The molecule has 1 saturated heterocycles. The van der Waals surface area contributed by atoms with Gasteiger partial charge in [-0.3, -0.25) is 9.59 Å². The Morgan fingerprint density at radius 1 is 1.00 bits per heavy atom. The van der Waals surface area contributed by atoms with E-state index in [9.17, 15) is 22.8 Å². The second-order valence-corrected chi connectivity index (χ2v) is 8.71. The van der Waals surface area contributed by atoms with Gasteiger partial charge in [-0.15, -0.1) is 0 Å². The maximum atomic E-state index is 13.9. The van der Waals surface area contributed by atoms with Crippen molar-refractivity contribution in [2.75, 3.05) is 0 Å². The number of hydrogen-bond acceptors (Lipinski definition) is 4. The first-order chi connectivity index (χ1) is 14.8. The summed E-state index contributed by atoms with van der Waals surface area (Å²) in [6.45, 7) is 7.76. The van der Waals surface area contributed by atoms with Crippen molar-refractivity contribution in [1.29, 1.82) is 0 Å². The average Bonchev–Trinajstić information content (AvgIpc) is 2.88. The van der Waals surface area contributed by atoms with Crippen LogP contribution in [0, 0.1) is 17.5 Å². The molecule has 1 aliphatic rings. The van der Waals surface area contributed by atoms with Crippen molar-refractivity contribution in [3.63, 3.8) is 0 Å². The van der Waals surface area contributed by atoms with Crippen LogP contribution in [0.2, 0.25) is 0 Å².